The summed E-state index contributed by atoms with van der Waals surface area (Å²) in [6.45, 7) is 5.29. The van der Waals surface area contributed by atoms with Crippen molar-refractivity contribution in [2.24, 2.45) is 0 Å². The van der Waals surface area contributed by atoms with Gasteiger partial charge in [-0.3, -0.25) is 14.8 Å². The van der Waals surface area contributed by atoms with Crippen molar-refractivity contribution >= 4 is 5.82 Å². The average Bonchev–Trinajstić information content (AvgIpc) is 3.36. The van der Waals surface area contributed by atoms with Crippen molar-refractivity contribution < 1.29 is 4.74 Å². The molecule has 28 heavy (non-hydrogen) atoms. The van der Waals surface area contributed by atoms with Crippen LogP contribution >= 0.6 is 0 Å². The molecule has 0 bridgehead atoms. The van der Waals surface area contributed by atoms with Crippen LogP contribution in [-0.2, 0) is 4.74 Å². The molecular weight excluding hydrogens is 362 g/mol. The number of rotatable bonds is 6. The second kappa shape index (κ2) is 8.76. The first-order valence-corrected chi connectivity index (χ1v) is 8.72. The van der Waals surface area contributed by atoms with Gasteiger partial charge in [-0.1, -0.05) is 12.6 Å². The molecule has 0 unspecified atom stereocenters. The van der Waals surface area contributed by atoms with Crippen LogP contribution in [0.2, 0.25) is 0 Å². The molecule has 0 aromatic carbocycles. The maximum atomic E-state index is 12.6. The average molecular weight is 387 g/mol. The molecule has 0 amide bonds. The first-order valence-electron chi connectivity index (χ1n) is 8.72. The number of hydrogen-bond acceptors (Lipinski definition) is 8. The maximum Gasteiger partial charge on any atom is 0.298 e. The lowest BCUT2D eigenvalue weighted by atomic mass is 10.3. The summed E-state index contributed by atoms with van der Waals surface area (Å²) in [5.74, 6) is 1.29. The van der Waals surface area contributed by atoms with E-state index in [0.29, 0.717) is 11.5 Å². The van der Waals surface area contributed by atoms with E-state index in [1.54, 1.807) is 19.5 Å². The van der Waals surface area contributed by atoms with Gasteiger partial charge in [-0.05, 0) is 0 Å². The lowest BCUT2D eigenvalue weighted by molar-refractivity contribution is 0.144. The van der Waals surface area contributed by atoms with Crippen molar-refractivity contribution in [1.82, 2.24) is 39.6 Å². The summed E-state index contributed by atoms with van der Waals surface area (Å²) < 4.78 is 7.92. The van der Waals surface area contributed by atoms with Crippen molar-refractivity contribution in [2.75, 3.05) is 51.3 Å². The number of aromatic nitrogens is 7. The largest absolute Gasteiger partial charge is 0.383 e. The molecular formula is C17H25N9O2. The second-order valence-electron chi connectivity index (χ2n) is 6.20. The molecule has 1 aliphatic heterocycles. The van der Waals surface area contributed by atoms with Gasteiger partial charge in [0.05, 0.1) is 25.2 Å². The summed E-state index contributed by atoms with van der Waals surface area (Å²) in [6, 6.07) is 1.81. The van der Waals surface area contributed by atoms with E-state index in [1.807, 2.05) is 6.07 Å². The molecule has 4 rings (SSSR count). The minimum absolute atomic E-state index is 0. The topological polar surface area (TPSA) is 110 Å². The minimum atomic E-state index is -0.255. The summed E-state index contributed by atoms with van der Waals surface area (Å²) in [5.41, 5.74) is 0.119. The fourth-order valence-electron chi connectivity index (χ4n) is 3.08. The van der Waals surface area contributed by atoms with E-state index in [2.05, 4.69) is 35.2 Å². The van der Waals surface area contributed by atoms with Crippen LogP contribution in [0.4, 0.5) is 5.82 Å². The molecule has 0 radical (unpaired) electrons. The van der Waals surface area contributed by atoms with Crippen LogP contribution in [-0.4, -0.2) is 86.1 Å². The highest BCUT2D eigenvalue weighted by atomic mass is 16.5. The standard InChI is InChI=1S/C16H21N9O2.CH4/c1-27-9-8-22-4-6-23(7-5-22)14-10-15(18-12-17-14)25-16(26)13(11-20-25)24-3-2-19-21-24;/h2-3,10-12,20H,4-9H2,1H3;1H4. The van der Waals surface area contributed by atoms with Gasteiger partial charge in [0, 0.05) is 45.9 Å². The van der Waals surface area contributed by atoms with Gasteiger partial charge in [0.1, 0.15) is 12.1 Å². The zero-order chi connectivity index (χ0) is 18.6. The molecule has 0 saturated carbocycles. The quantitative estimate of drug-likeness (QED) is 0.626. The minimum Gasteiger partial charge on any atom is -0.383 e. The van der Waals surface area contributed by atoms with Crippen LogP contribution in [0.3, 0.4) is 0 Å². The third-order valence-corrected chi connectivity index (χ3v) is 4.60. The van der Waals surface area contributed by atoms with Crippen molar-refractivity contribution in [3.63, 3.8) is 0 Å². The van der Waals surface area contributed by atoms with E-state index in [9.17, 15) is 4.79 Å². The third-order valence-electron chi connectivity index (χ3n) is 4.60. The summed E-state index contributed by atoms with van der Waals surface area (Å²) >= 11 is 0. The van der Waals surface area contributed by atoms with Gasteiger partial charge >= 0.3 is 0 Å². The predicted octanol–water partition coefficient (Wildman–Crippen LogP) is -0.0592. The van der Waals surface area contributed by atoms with E-state index in [1.165, 1.54) is 21.9 Å². The number of piperazine rings is 1. The fourth-order valence-corrected chi connectivity index (χ4v) is 3.08. The molecule has 0 aliphatic carbocycles. The first kappa shape index (κ1) is 19.7. The Labute approximate surface area is 162 Å². The van der Waals surface area contributed by atoms with Crippen LogP contribution in [0.1, 0.15) is 7.43 Å². The molecule has 1 saturated heterocycles. The molecule has 4 heterocycles. The van der Waals surface area contributed by atoms with Crippen molar-refractivity contribution in [2.45, 2.75) is 7.43 Å². The Morgan fingerprint density at radius 1 is 1.18 bits per heavy atom. The molecule has 1 N–H and O–H groups in total. The van der Waals surface area contributed by atoms with Gasteiger partial charge in [-0.25, -0.2) is 14.6 Å². The molecule has 11 heteroatoms. The van der Waals surface area contributed by atoms with Crippen LogP contribution < -0.4 is 10.5 Å². The SMILES string of the molecule is C.COCCN1CCN(c2cc(-n3[nH]cc(-n4ccnn4)c3=O)ncn2)CC1. The lowest BCUT2D eigenvalue weighted by Crippen LogP contribution is -2.47. The molecule has 3 aromatic rings. The predicted molar refractivity (Wildman–Crippen MR) is 104 cm³/mol. The molecule has 1 fully saturated rings. The molecule has 3 aromatic heterocycles. The summed E-state index contributed by atoms with van der Waals surface area (Å²) in [4.78, 5) is 25.8. The Morgan fingerprint density at radius 2 is 1.96 bits per heavy atom. The normalized spacial score (nSPS) is 14.8. The van der Waals surface area contributed by atoms with Gasteiger partial charge in [-0.2, -0.15) is 4.68 Å². The lowest BCUT2D eigenvalue weighted by Gasteiger charge is -2.35. The molecule has 150 valence electrons. The highest BCUT2D eigenvalue weighted by molar-refractivity contribution is 5.44. The van der Waals surface area contributed by atoms with Crippen molar-refractivity contribution in [1.29, 1.82) is 0 Å². The zero-order valence-electron chi connectivity index (χ0n) is 15.0. The maximum absolute atomic E-state index is 12.6. The van der Waals surface area contributed by atoms with Crippen LogP contribution in [0.15, 0.2) is 35.8 Å². The van der Waals surface area contributed by atoms with Crippen LogP contribution in [0.5, 0.6) is 0 Å². The van der Waals surface area contributed by atoms with E-state index >= 15 is 0 Å². The van der Waals surface area contributed by atoms with Crippen molar-refractivity contribution in [3.8, 4) is 11.5 Å². The van der Waals surface area contributed by atoms with E-state index in [4.69, 9.17) is 4.74 Å². The molecule has 1 aliphatic rings. The Morgan fingerprint density at radius 3 is 2.68 bits per heavy atom. The number of methoxy groups -OCH3 is 1. The number of hydrogen-bond donors (Lipinski definition) is 1. The monoisotopic (exact) mass is 387 g/mol. The summed E-state index contributed by atoms with van der Waals surface area (Å²) in [6.07, 6.45) is 6.19. The third kappa shape index (κ3) is 3.94. The number of aromatic amines is 1. The smallest absolute Gasteiger partial charge is 0.298 e. The number of nitrogens with zero attached hydrogens (tertiary/aromatic N) is 8. The van der Waals surface area contributed by atoms with Gasteiger partial charge in [0.15, 0.2) is 11.5 Å². The van der Waals surface area contributed by atoms with E-state index in [0.717, 1.165) is 45.1 Å². The van der Waals surface area contributed by atoms with Crippen molar-refractivity contribution in [3.05, 3.63) is 41.3 Å². The summed E-state index contributed by atoms with van der Waals surface area (Å²) in [5, 5.41) is 10.5. The number of ether oxygens (including phenoxy) is 1. The number of H-pyrrole nitrogens is 1. The van der Waals surface area contributed by atoms with Gasteiger partial charge < -0.3 is 9.64 Å². The van der Waals surface area contributed by atoms with Crippen LogP contribution in [0.25, 0.3) is 11.5 Å². The highest BCUT2D eigenvalue weighted by Gasteiger charge is 2.19. The first-order chi connectivity index (χ1) is 13.3. The fraction of sp³-hybridized carbons (Fsp3) is 0.471. The summed E-state index contributed by atoms with van der Waals surface area (Å²) in [7, 11) is 1.72. The Kier molecular flexibility index (Phi) is 6.16. The number of nitrogens with one attached hydrogen (secondary N) is 1. The van der Waals surface area contributed by atoms with Gasteiger partial charge in [0.2, 0.25) is 0 Å². The zero-order valence-corrected chi connectivity index (χ0v) is 15.0. The van der Waals surface area contributed by atoms with E-state index in [-0.39, 0.29) is 13.0 Å². The van der Waals surface area contributed by atoms with Gasteiger partial charge in [0.25, 0.3) is 5.56 Å². The Balaban J connectivity index is 0.00000225. The number of anilines is 1. The van der Waals surface area contributed by atoms with E-state index < -0.39 is 0 Å². The molecule has 0 atom stereocenters. The highest BCUT2D eigenvalue weighted by Crippen LogP contribution is 2.15. The Bertz CT molecular complexity index is 926. The Hall–Kier alpha value is -3.05. The molecule has 11 nitrogen and oxygen atoms in total. The second-order valence-corrected chi connectivity index (χ2v) is 6.20. The molecule has 0 spiro atoms. The van der Waals surface area contributed by atoms with Gasteiger partial charge in [-0.15, -0.1) is 5.10 Å². The van der Waals surface area contributed by atoms with Crippen LogP contribution in [0, 0.1) is 0 Å².